The normalized spacial score (nSPS) is 27.2. The van der Waals surface area contributed by atoms with E-state index >= 15 is 0 Å². The molecule has 1 aromatic carbocycles. The fourth-order valence-corrected chi connectivity index (χ4v) is 3.20. The van der Waals surface area contributed by atoms with Gasteiger partial charge in [0.05, 0.1) is 0 Å². The second kappa shape index (κ2) is 5.68. The summed E-state index contributed by atoms with van der Waals surface area (Å²) in [6.07, 6.45) is 1.13. The third kappa shape index (κ3) is 2.92. The number of hydrogen-bond donors (Lipinski definition) is 1. The first-order valence-corrected chi connectivity index (χ1v) is 7.23. The van der Waals surface area contributed by atoms with Gasteiger partial charge in [0, 0.05) is 23.1 Å². The third-order valence-electron chi connectivity index (χ3n) is 4.01. The molecule has 0 aliphatic carbocycles. The van der Waals surface area contributed by atoms with Gasteiger partial charge in [-0.1, -0.05) is 28.9 Å². The van der Waals surface area contributed by atoms with Crippen molar-refractivity contribution in [2.75, 3.05) is 13.1 Å². The monoisotopic (exact) mass is 314 g/mol. The average Bonchev–Trinajstić information content (AvgIpc) is 2.32. The summed E-state index contributed by atoms with van der Waals surface area (Å²) in [6, 6.07) is 5.40. The van der Waals surface area contributed by atoms with Gasteiger partial charge in [0.15, 0.2) is 0 Å². The number of hydrogen-bond acceptors (Lipinski definition) is 2. The summed E-state index contributed by atoms with van der Waals surface area (Å²) in [7, 11) is 0. The maximum atomic E-state index is 13.1. The number of nitrogens with zero attached hydrogens (tertiary/aromatic N) is 1. The third-order valence-corrected chi connectivity index (χ3v) is 4.69. The van der Waals surface area contributed by atoms with Gasteiger partial charge in [0.25, 0.3) is 0 Å². The van der Waals surface area contributed by atoms with Crippen molar-refractivity contribution >= 4 is 15.9 Å². The lowest BCUT2D eigenvalue weighted by molar-refractivity contribution is 0.128. The molecule has 2 N–H and O–H groups in total. The Morgan fingerprint density at radius 2 is 2.22 bits per heavy atom. The molecule has 2 nitrogen and oxygen atoms in total. The van der Waals surface area contributed by atoms with Gasteiger partial charge < -0.3 is 5.73 Å². The van der Waals surface area contributed by atoms with E-state index in [1.807, 2.05) is 6.07 Å². The second-order valence-corrected chi connectivity index (χ2v) is 6.12. The first-order chi connectivity index (χ1) is 8.49. The van der Waals surface area contributed by atoms with E-state index in [1.165, 1.54) is 12.1 Å². The van der Waals surface area contributed by atoms with E-state index in [1.54, 1.807) is 0 Å². The molecule has 100 valence electrons. The van der Waals surface area contributed by atoms with Gasteiger partial charge in [-0.2, -0.15) is 0 Å². The average molecular weight is 315 g/mol. The molecule has 4 heteroatoms. The molecule has 1 saturated heterocycles. The van der Waals surface area contributed by atoms with Gasteiger partial charge in [0.2, 0.25) is 0 Å². The van der Waals surface area contributed by atoms with E-state index in [0.717, 1.165) is 29.5 Å². The smallest absolute Gasteiger partial charge is 0.124 e. The first kappa shape index (κ1) is 14.0. The van der Waals surface area contributed by atoms with Crippen LogP contribution in [0.2, 0.25) is 0 Å². The molecule has 1 aliphatic rings. The Bertz CT molecular complexity index is 424. The second-order valence-electron chi connectivity index (χ2n) is 5.27. The fraction of sp³-hybridized carbons (Fsp3) is 0.571. The molecule has 1 heterocycles. The Kier molecular flexibility index (Phi) is 4.41. The van der Waals surface area contributed by atoms with Crippen LogP contribution in [0.5, 0.6) is 0 Å². The number of likely N-dealkylation sites (tertiary alicyclic amines) is 1. The number of benzene rings is 1. The zero-order chi connectivity index (χ0) is 13.3. The molecule has 0 radical (unpaired) electrons. The zero-order valence-electron chi connectivity index (χ0n) is 10.9. The molecular formula is C14H20BrFN2. The molecule has 0 bridgehead atoms. The van der Waals surface area contributed by atoms with Crippen molar-refractivity contribution in [2.24, 2.45) is 11.7 Å². The molecule has 18 heavy (non-hydrogen) atoms. The van der Waals surface area contributed by atoms with Crippen LogP contribution >= 0.6 is 15.9 Å². The van der Waals surface area contributed by atoms with Crippen LogP contribution < -0.4 is 5.73 Å². The van der Waals surface area contributed by atoms with Gasteiger partial charge in [-0.25, -0.2) is 4.39 Å². The molecule has 1 aromatic rings. The Balaban J connectivity index is 2.13. The molecule has 3 unspecified atom stereocenters. The lowest BCUT2D eigenvalue weighted by Crippen LogP contribution is -2.48. The summed E-state index contributed by atoms with van der Waals surface area (Å²) in [5, 5.41) is 0. The van der Waals surface area contributed by atoms with Gasteiger partial charge in [0.1, 0.15) is 5.82 Å². The number of nitrogens with two attached hydrogens (primary N) is 1. The van der Waals surface area contributed by atoms with E-state index in [9.17, 15) is 4.39 Å². The van der Waals surface area contributed by atoms with Crippen molar-refractivity contribution in [3.8, 4) is 0 Å². The van der Waals surface area contributed by atoms with Gasteiger partial charge in [-0.3, -0.25) is 4.90 Å². The standard InChI is InChI=1S/C14H20BrFN2/c1-9-5-6-18(8-14(9)17)10(2)12-4-3-11(16)7-13(12)15/h3-4,7,9-10,14H,5-6,8,17H2,1-2H3. The number of rotatable bonds is 2. The summed E-state index contributed by atoms with van der Waals surface area (Å²) in [4.78, 5) is 2.38. The van der Waals surface area contributed by atoms with Crippen LogP contribution in [0, 0.1) is 11.7 Å². The van der Waals surface area contributed by atoms with Crippen molar-refractivity contribution < 1.29 is 4.39 Å². The fourth-order valence-electron chi connectivity index (χ4n) is 2.51. The van der Waals surface area contributed by atoms with Crippen LogP contribution in [-0.4, -0.2) is 24.0 Å². The van der Waals surface area contributed by atoms with Crippen LogP contribution in [0.1, 0.15) is 31.9 Å². The highest BCUT2D eigenvalue weighted by molar-refractivity contribution is 9.10. The molecule has 0 amide bonds. The Hall–Kier alpha value is -0.450. The molecular weight excluding hydrogens is 295 g/mol. The maximum absolute atomic E-state index is 13.1. The van der Waals surface area contributed by atoms with Crippen molar-refractivity contribution in [3.05, 3.63) is 34.1 Å². The minimum atomic E-state index is -0.207. The largest absolute Gasteiger partial charge is 0.326 e. The van der Waals surface area contributed by atoms with Crippen molar-refractivity contribution in [3.63, 3.8) is 0 Å². The van der Waals surface area contributed by atoms with Crippen LogP contribution in [-0.2, 0) is 0 Å². The highest BCUT2D eigenvalue weighted by atomic mass is 79.9. The van der Waals surface area contributed by atoms with Gasteiger partial charge >= 0.3 is 0 Å². The topological polar surface area (TPSA) is 29.3 Å². The SMILES string of the molecule is CC1CCN(C(C)c2ccc(F)cc2Br)CC1N. The molecule has 1 aliphatic heterocycles. The Morgan fingerprint density at radius 1 is 1.50 bits per heavy atom. The summed E-state index contributed by atoms with van der Waals surface area (Å²) < 4.78 is 13.9. The predicted molar refractivity (Wildman–Crippen MR) is 75.8 cm³/mol. The van der Waals surface area contributed by atoms with E-state index < -0.39 is 0 Å². The van der Waals surface area contributed by atoms with E-state index in [4.69, 9.17) is 5.73 Å². The van der Waals surface area contributed by atoms with E-state index in [0.29, 0.717) is 5.92 Å². The molecule has 0 aromatic heterocycles. The predicted octanol–water partition coefficient (Wildman–Crippen LogP) is 3.32. The van der Waals surface area contributed by atoms with Gasteiger partial charge in [-0.15, -0.1) is 0 Å². The summed E-state index contributed by atoms with van der Waals surface area (Å²) >= 11 is 3.44. The Labute approximate surface area is 116 Å². The maximum Gasteiger partial charge on any atom is 0.124 e. The van der Waals surface area contributed by atoms with Crippen LogP contribution in [0.25, 0.3) is 0 Å². The molecule has 0 saturated carbocycles. The molecule has 2 rings (SSSR count). The Morgan fingerprint density at radius 3 is 2.83 bits per heavy atom. The lowest BCUT2D eigenvalue weighted by atomic mass is 9.92. The lowest BCUT2D eigenvalue weighted by Gasteiger charge is -2.39. The number of halogens is 2. The summed E-state index contributed by atoms with van der Waals surface area (Å²) in [6.45, 7) is 6.33. The molecule has 1 fully saturated rings. The first-order valence-electron chi connectivity index (χ1n) is 6.43. The number of piperidine rings is 1. The summed E-state index contributed by atoms with van der Waals surface area (Å²) in [5.74, 6) is 0.381. The zero-order valence-corrected chi connectivity index (χ0v) is 12.5. The molecule has 0 spiro atoms. The highest BCUT2D eigenvalue weighted by Crippen LogP contribution is 2.30. The van der Waals surface area contributed by atoms with E-state index in [-0.39, 0.29) is 17.9 Å². The van der Waals surface area contributed by atoms with Crippen molar-refractivity contribution in [2.45, 2.75) is 32.4 Å². The minimum absolute atomic E-state index is 0.207. The highest BCUT2D eigenvalue weighted by Gasteiger charge is 2.27. The van der Waals surface area contributed by atoms with Crippen molar-refractivity contribution in [1.29, 1.82) is 0 Å². The summed E-state index contributed by atoms with van der Waals surface area (Å²) in [5.41, 5.74) is 7.26. The van der Waals surface area contributed by atoms with Crippen LogP contribution in [0.4, 0.5) is 4.39 Å². The van der Waals surface area contributed by atoms with E-state index in [2.05, 4.69) is 34.7 Å². The quantitative estimate of drug-likeness (QED) is 0.907. The van der Waals surface area contributed by atoms with Crippen LogP contribution in [0.15, 0.2) is 22.7 Å². The van der Waals surface area contributed by atoms with Crippen molar-refractivity contribution in [1.82, 2.24) is 4.90 Å². The molecule has 3 atom stereocenters. The van der Waals surface area contributed by atoms with Gasteiger partial charge in [-0.05, 0) is 43.5 Å². The minimum Gasteiger partial charge on any atom is -0.326 e. The van der Waals surface area contributed by atoms with Crippen LogP contribution in [0.3, 0.4) is 0 Å².